The second-order valence-corrected chi connectivity index (χ2v) is 8.36. The molecule has 0 atom stereocenters. The van der Waals surface area contributed by atoms with E-state index >= 15 is 0 Å². The van der Waals surface area contributed by atoms with E-state index in [-0.39, 0.29) is 12.1 Å². The lowest BCUT2D eigenvalue weighted by Gasteiger charge is -2.17. The average Bonchev–Trinajstić information content (AvgIpc) is 3.47. The molecule has 36 heavy (non-hydrogen) atoms. The first kappa shape index (κ1) is 26.6. The van der Waals surface area contributed by atoms with Crippen molar-refractivity contribution >= 4 is 29.5 Å². The molecule has 190 valence electrons. The predicted molar refractivity (Wildman–Crippen MR) is 130 cm³/mol. The van der Waals surface area contributed by atoms with Crippen LogP contribution >= 0.6 is 23.2 Å². The van der Waals surface area contributed by atoms with Crippen LogP contribution in [0.25, 0.3) is 0 Å². The molecule has 2 aliphatic heterocycles. The molecule has 0 unspecified atom stereocenters. The Morgan fingerprint density at radius 2 is 1.50 bits per heavy atom. The lowest BCUT2D eigenvalue weighted by molar-refractivity contribution is -0.419. The van der Waals surface area contributed by atoms with E-state index in [4.69, 9.17) is 23.2 Å². The summed E-state index contributed by atoms with van der Waals surface area (Å²) in [5.74, 6) is 0.778. The molecule has 2 N–H and O–H groups in total. The normalized spacial score (nSPS) is 17.1. The average molecular weight is 537 g/mol. The number of hydrogen-bond donors (Lipinski definition) is 2. The Morgan fingerprint density at radius 3 is 2.00 bits per heavy atom. The second-order valence-electron chi connectivity index (χ2n) is 7.58. The molecule has 0 amide bonds. The number of nitrogens with one attached hydrogen (secondary N) is 2. The van der Waals surface area contributed by atoms with Crippen molar-refractivity contribution in [3.8, 4) is 0 Å². The third-order valence-electron chi connectivity index (χ3n) is 5.12. The highest BCUT2D eigenvalue weighted by Crippen LogP contribution is 2.17. The zero-order valence-corrected chi connectivity index (χ0v) is 20.4. The van der Waals surface area contributed by atoms with Crippen LogP contribution in [0.3, 0.4) is 0 Å². The summed E-state index contributed by atoms with van der Waals surface area (Å²) >= 11 is 11.4. The smallest absolute Gasteiger partial charge is 0.348 e. The third-order valence-corrected chi connectivity index (χ3v) is 5.57. The molecule has 2 saturated heterocycles. The third kappa shape index (κ3) is 7.52. The zero-order valence-electron chi connectivity index (χ0n) is 18.8. The SMILES string of the molecule is O=C/C(=C1/NCCN1Cc1ccc(Cl)nc1)[N+](=O)[O-].O=[N+]([O-])/C=C1\NCCN1Cc1ccc(Cl)nc1. The molecule has 0 aromatic carbocycles. The molecule has 0 aliphatic carbocycles. The topological polar surface area (TPSA) is 160 Å². The number of hydrogen-bond acceptors (Lipinski definition) is 11. The maximum atomic E-state index is 10.8. The van der Waals surface area contributed by atoms with E-state index in [0.717, 1.165) is 23.9 Å². The van der Waals surface area contributed by atoms with Crippen molar-refractivity contribution in [2.45, 2.75) is 13.1 Å². The quantitative estimate of drug-likeness (QED) is 0.175. The molecule has 0 bridgehead atoms. The summed E-state index contributed by atoms with van der Waals surface area (Å²) in [6, 6.07) is 7.00. The fourth-order valence-corrected chi connectivity index (χ4v) is 3.74. The van der Waals surface area contributed by atoms with Crippen molar-refractivity contribution in [3.63, 3.8) is 0 Å². The van der Waals surface area contributed by atoms with Gasteiger partial charge in [0, 0.05) is 51.7 Å². The van der Waals surface area contributed by atoms with Gasteiger partial charge in [-0.3, -0.25) is 25.0 Å². The van der Waals surface area contributed by atoms with Gasteiger partial charge in [0.2, 0.25) is 6.29 Å². The fourth-order valence-electron chi connectivity index (χ4n) is 3.51. The van der Waals surface area contributed by atoms with Gasteiger partial charge in [0.05, 0.1) is 9.85 Å². The summed E-state index contributed by atoms with van der Waals surface area (Å²) in [6.07, 6.45) is 4.51. The van der Waals surface area contributed by atoms with Crippen molar-refractivity contribution in [2.24, 2.45) is 0 Å². The summed E-state index contributed by atoms with van der Waals surface area (Å²) in [4.78, 5) is 42.4. The minimum absolute atomic E-state index is 0.245. The Bertz CT molecular complexity index is 1160. The first-order valence-electron chi connectivity index (χ1n) is 10.6. The monoisotopic (exact) mass is 536 g/mol. The van der Waals surface area contributed by atoms with Crippen LogP contribution in [0.4, 0.5) is 0 Å². The summed E-state index contributed by atoms with van der Waals surface area (Å²) in [6.45, 7) is 3.60. The molecule has 4 rings (SSSR count). The Labute approximate surface area is 215 Å². The number of nitro groups is 2. The first-order chi connectivity index (χ1) is 17.3. The van der Waals surface area contributed by atoms with Gasteiger partial charge < -0.3 is 20.4 Å². The van der Waals surface area contributed by atoms with Crippen molar-refractivity contribution in [3.05, 3.63) is 102 Å². The number of aldehydes is 1. The summed E-state index contributed by atoms with van der Waals surface area (Å²) in [7, 11) is 0. The van der Waals surface area contributed by atoms with Gasteiger partial charge in [-0.2, -0.15) is 0 Å². The van der Waals surface area contributed by atoms with Crippen LogP contribution in [0.15, 0.2) is 60.2 Å². The van der Waals surface area contributed by atoms with E-state index in [9.17, 15) is 25.0 Å². The van der Waals surface area contributed by atoms with Gasteiger partial charge >= 0.3 is 5.70 Å². The van der Waals surface area contributed by atoms with E-state index in [1.165, 1.54) is 0 Å². The van der Waals surface area contributed by atoms with E-state index < -0.39 is 15.5 Å². The molecule has 15 heteroatoms. The predicted octanol–water partition coefficient (Wildman–Crippen LogP) is 2.00. The minimum Gasteiger partial charge on any atom is -0.365 e. The Hall–Kier alpha value is -3.97. The number of aromatic nitrogens is 2. The number of carbonyl (C=O) groups is 1. The van der Waals surface area contributed by atoms with Crippen molar-refractivity contribution in [1.29, 1.82) is 0 Å². The number of allylic oxidation sites excluding steroid dienone is 1. The molecule has 4 heterocycles. The summed E-state index contributed by atoms with van der Waals surface area (Å²) in [5, 5.41) is 27.9. The van der Waals surface area contributed by atoms with Gasteiger partial charge in [-0.15, -0.1) is 0 Å². The number of nitrogens with zero attached hydrogens (tertiary/aromatic N) is 6. The van der Waals surface area contributed by atoms with E-state index in [1.54, 1.807) is 35.5 Å². The van der Waals surface area contributed by atoms with Crippen LogP contribution < -0.4 is 10.6 Å². The van der Waals surface area contributed by atoms with Gasteiger partial charge in [-0.25, -0.2) is 9.97 Å². The Kier molecular flexibility index (Phi) is 9.36. The molecule has 13 nitrogen and oxygen atoms in total. The largest absolute Gasteiger partial charge is 0.365 e. The molecule has 2 aliphatic rings. The highest BCUT2D eigenvalue weighted by molar-refractivity contribution is 6.29. The first-order valence-corrected chi connectivity index (χ1v) is 11.4. The molecular formula is C21H22Cl2N8O5. The summed E-state index contributed by atoms with van der Waals surface area (Å²) in [5.41, 5.74) is 1.37. The highest BCUT2D eigenvalue weighted by atomic mass is 35.5. The van der Waals surface area contributed by atoms with Crippen molar-refractivity contribution in [1.82, 2.24) is 30.4 Å². The molecule has 2 aromatic rings. The van der Waals surface area contributed by atoms with Crippen LogP contribution in [0.5, 0.6) is 0 Å². The van der Waals surface area contributed by atoms with Crippen LogP contribution in [-0.2, 0) is 17.9 Å². The fraction of sp³-hybridized carbons (Fsp3) is 0.286. The van der Waals surface area contributed by atoms with Gasteiger partial charge in [0.15, 0.2) is 11.6 Å². The molecule has 2 fully saturated rings. The maximum Gasteiger partial charge on any atom is 0.348 e. The molecular weight excluding hydrogens is 515 g/mol. The lowest BCUT2D eigenvalue weighted by atomic mass is 10.2. The van der Waals surface area contributed by atoms with Crippen molar-refractivity contribution in [2.75, 3.05) is 26.2 Å². The molecule has 2 aromatic heterocycles. The second kappa shape index (κ2) is 12.7. The van der Waals surface area contributed by atoms with Gasteiger partial charge in [0.1, 0.15) is 10.3 Å². The zero-order chi connectivity index (χ0) is 26.1. The van der Waals surface area contributed by atoms with E-state index in [2.05, 4.69) is 20.6 Å². The highest BCUT2D eigenvalue weighted by Gasteiger charge is 2.27. The van der Waals surface area contributed by atoms with E-state index in [0.29, 0.717) is 48.9 Å². The minimum atomic E-state index is -0.687. The van der Waals surface area contributed by atoms with E-state index in [1.807, 2.05) is 11.0 Å². The van der Waals surface area contributed by atoms with Crippen LogP contribution in [0.2, 0.25) is 10.3 Å². The number of rotatable bonds is 7. The number of carbonyl (C=O) groups excluding carboxylic acids is 1. The van der Waals surface area contributed by atoms with Gasteiger partial charge in [-0.05, 0) is 23.3 Å². The van der Waals surface area contributed by atoms with Gasteiger partial charge in [0.25, 0.3) is 6.20 Å². The maximum absolute atomic E-state index is 10.8. The summed E-state index contributed by atoms with van der Waals surface area (Å²) < 4.78 is 0. The lowest BCUT2D eigenvalue weighted by Crippen LogP contribution is -2.24. The Morgan fingerprint density at radius 1 is 0.944 bits per heavy atom. The molecule has 0 spiro atoms. The van der Waals surface area contributed by atoms with Gasteiger partial charge in [-0.1, -0.05) is 35.3 Å². The number of pyridine rings is 2. The van der Waals surface area contributed by atoms with Crippen LogP contribution in [-0.4, -0.2) is 62.1 Å². The van der Waals surface area contributed by atoms with Crippen LogP contribution in [0, 0.1) is 20.2 Å². The van der Waals surface area contributed by atoms with Crippen LogP contribution in [0.1, 0.15) is 11.1 Å². The molecule has 0 radical (unpaired) electrons. The standard InChI is InChI=1S/C11H11ClN4O3.C10H11ClN4O2/c12-10-2-1-8(5-14-10)6-15-4-3-13-11(15)9(7-17)16(18)19;11-9-2-1-8(5-13-9)6-14-4-3-12-10(14)7-15(16)17/h1-2,5,7,13H,3-4,6H2;1-2,5,7,12H,3-4,6H2/b11-9+;10-7+. The number of halogens is 2. The molecule has 0 saturated carbocycles. The van der Waals surface area contributed by atoms with Crippen molar-refractivity contribution < 1.29 is 14.6 Å². The Balaban J connectivity index is 0.000000202.